The lowest BCUT2D eigenvalue weighted by molar-refractivity contribution is -0.129. The first-order chi connectivity index (χ1) is 12.0. The second kappa shape index (κ2) is 7.78. The maximum Gasteiger partial charge on any atom is 0.349 e. The van der Waals surface area contributed by atoms with E-state index in [-0.39, 0.29) is 11.7 Å². The van der Waals surface area contributed by atoms with Crippen molar-refractivity contribution in [2.45, 2.75) is 38.7 Å². The Labute approximate surface area is 150 Å². The zero-order valence-corrected chi connectivity index (χ0v) is 14.8. The number of benzene rings is 1. The van der Waals surface area contributed by atoms with Crippen LogP contribution in [0.15, 0.2) is 30.3 Å². The molecular weight excluding hydrogens is 341 g/mol. The Kier molecular flexibility index (Phi) is 5.48. The molecule has 1 amide bonds. The molecule has 1 aromatic carbocycles. The number of rotatable bonds is 6. The highest BCUT2D eigenvalue weighted by Crippen LogP contribution is 2.31. The molecule has 132 valence electrons. The highest BCUT2D eigenvalue weighted by Gasteiger charge is 2.23. The number of esters is 1. The molecule has 6 heteroatoms. The largest absolute Gasteiger partial charge is 0.448 e. The lowest BCUT2D eigenvalue weighted by Gasteiger charge is -2.13. The Morgan fingerprint density at radius 3 is 2.76 bits per heavy atom. The van der Waals surface area contributed by atoms with Crippen LogP contribution in [-0.2, 0) is 28.8 Å². The zero-order chi connectivity index (χ0) is 17.8. The Morgan fingerprint density at radius 1 is 1.28 bits per heavy atom. The third-order valence-electron chi connectivity index (χ3n) is 4.23. The van der Waals surface area contributed by atoms with Gasteiger partial charge in [0.15, 0.2) is 6.10 Å². The molecule has 4 nitrogen and oxygen atoms in total. The fourth-order valence-electron chi connectivity index (χ4n) is 2.83. The number of hydrogen-bond acceptors (Lipinski definition) is 4. The van der Waals surface area contributed by atoms with Crippen molar-refractivity contribution in [3.05, 3.63) is 57.0 Å². The Bertz CT molecular complexity index is 748. The summed E-state index contributed by atoms with van der Waals surface area (Å²) >= 11 is 1.46. The lowest BCUT2D eigenvalue weighted by atomic mass is 10.1. The molecule has 1 aliphatic rings. The number of nitrogens with one attached hydrogen (secondary N) is 1. The number of carbonyl (C=O) groups excluding carboxylic acids is 2. The number of aryl methyl sites for hydroxylation is 2. The molecule has 0 fully saturated rings. The monoisotopic (exact) mass is 361 g/mol. The second-order valence-corrected chi connectivity index (χ2v) is 7.26. The number of fused-ring (bicyclic) bond motifs is 1. The van der Waals surface area contributed by atoms with Crippen LogP contribution in [-0.4, -0.2) is 24.5 Å². The fraction of sp³-hybridized carbons (Fsp3) is 0.368. The van der Waals surface area contributed by atoms with Crippen LogP contribution in [0.4, 0.5) is 4.39 Å². The minimum Gasteiger partial charge on any atom is -0.448 e. The molecule has 0 bridgehead atoms. The van der Waals surface area contributed by atoms with Gasteiger partial charge in [0.2, 0.25) is 0 Å². The zero-order valence-electron chi connectivity index (χ0n) is 14.0. The Balaban J connectivity index is 1.45. The SMILES string of the molecule is C[C@H](OC(=O)c1cc2c(s1)CCC2)C(=O)NCCc1ccc(F)cc1. The molecule has 0 saturated heterocycles. The molecule has 1 heterocycles. The smallest absolute Gasteiger partial charge is 0.349 e. The Hall–Kier alpha value is -2.21. The molecule has 25 heavy (non-hydrogen) atoms. The van der Waals surface area contributed by atoms with Crippen LogP contribution in [0, 0.1) is 5.82 Å². The maximum absolute atomic E-state index is 12.8. The van der Waals surface area contributed by atoms with Gasteiger partial charge in [-0.3, -0.25) is 4.79 Å². The van der Waals surface area contributed by atoms with Crippen molar-refractivity contribution >= 4 is 23.2 Å². The van der Waals surface area contributed by atoms with Gasteiger partial charge < -0.3 is 10.1 Å². The van der Waals surface area contributed by atoms with Crippen LogP contribution in [0.2, 0.25) is 0 Å². The average molecular weight is 361 g/mol. The van der Waals surface area contributed by atoms with Gasteiger partial charge in [0.05, 0.1) is 0 Å². The maximum atomic E-state index is 12.8. The molecule has 1 aliphatic carbocycles. The van der Waals surface area contributed by atoms with Gasteiger partial charge in [-0.15, -0.1) is 11.3 Å². The quantitative estimate of drug-likeness (QED) is 0.804. The highest BCUT2D eigenvalue weighted by molar-refractivity contribution is 7.14. The minimum absolute atomic E-state index is 0.284. The van der Waals surface area contributed by atoms with E-state index in [0.717, 1.165) is 24.8 Å². The predicted octanol–water partition coefficient (Wildman–Crippen LogP) is 3.28. The normalized spacial score (nSPS) is 14.0. The number of hydrogen-bond donors (Lipinski definition) is 1. The summed E-state index contributed by atoms with van der Waals surface area (Å²) in [7, 11) is 0. The molecule has 0 saturated carbocycles. The fourth-order valence-corrected chi connectivity index (χ4v) is 3.96. The van der Waals surface area contributed by atoms with Gasteiger partial charge in [-0.25, -0.2) is 9.18 Å². The first-order valence-electron chi connectivity index (χ1n) is 8.37. The standard InChI is InChI=1S/C19H20FNO3S/c1-12(18(22)21-10-9-13-5-7-15(20)8-6-13)24-19(23)17-11-14-3-2-4-16(14)25-17/h5-8,11-12H,2-4,9-10H2,1H3,(H,21,22)/t12-/m0/s1. The highest BCUT2D eigenvalue weighted by atomic mass is 32.1. The summed E-state index contributed by atoms with van der Waals surface area (Å²) in [5, 5.41) is 2.73. The van der Waals surface area contributed by atoms with E-state index in [9.17, 15) is 14.0 Å². The van der Waals surface area contributed by atoms with Gasteiger partial charge in [-0.1, -0.05) is 12.1 Å². The van der Waals surface area contributed by atoms with Crippen LogP contribution in [0.25, 0.3) is 0 Å². The van der Waals surface area contributed by atoms with Crippen molar-refractivity contribution in [1.29, 1.82) is 0 Å². The molecular formula is C19H20FNO3S. The van der Waals surface area contributed by atoms with Crippen molar-refractivity contribution in [2.24, 2.45) is 0 Å². The Morgan fingerprint density at radius 2 is 2.04 bits per heavy atom. The molecule has 1 atom stereocenters. The molecule has 0 unspecified atom stereocenters. The minimum atomic E-state index is -0.849. The van der Waals surface area contributed by atoms with Crippen molar-refractivity contribution in [1.82, 2.24) is 5.32 Å². The van der Waals surface area contributed by atoms with Gasteiger partial charge >= 0.3 is 5.97 Å². The molecule has 3 rings (SSSR count). The van der Waals surface area contributed by atoms with E-state index >= 15 is 0 Å². The third kappa shape index (κ3) is 4.45. The topological polar surface area (TPSA) is 55.4 Å². The third-order valence-corrected chi connectivity index (χ3v) is 5.44. The summed E-state index contributed by atoms with van der Waals surface area (Å²) in [6, 6.07) is 8.02. The summed E-state index contributed by atoms with van der Waals surface area (Å²) in [4.78, 5) is 26.0. The van der Waals surface area contributed by atoms with Gasteiger partial charge in [-0.05, 0) is 61.9 Å². The first-order valence-corrected chi connectivity index (χ1v) is 9.19. The molecule has 1 aromatic heterocycles. The molecule has 0 spiro atoms. The van der Waals surface area contributed by atoms with Crippen LogP contribution in [0.5, 0.6) is 0 Å². The van der Waals surface area contributed by atoms with Crippen LogP contribution in [0.3, 0.4) is 0 Å². The number of amides is 1. The summed E-state index contributed by atoms with van der Waals surface area (Å²) in [5.41, 5.74) is 2.16. The van der Waals surface area contributed by atoms with Gasteiger partial charge in [-0.2, -0.15) is 0 Å². The van der Waals surface area contributed by atoms with E-state index in [0.29, 0.717) is 17.8 Å². The van der Waals surface area contributed by atoms with E-state index < -0.39 is 12.1 Å². The van der Waals surface area contributed by atoms with E-state index in [1.165, 1.54) is 33.9 Å². The predicted molar refractivity (Wildman–Crippen MR) is 94.3 cm³/mol. The van der Waals surface area contributed by atoms with E-state index in [2.05, 4.69) is 5.32 Å². The van der Waals surface area contributed by atoms with E-state index in [1.54, 1.807) is 19.1 Å². The van der Waals surface area contributed by atoms with Crippen molar-refractivity contribution in [3.63, 3.8) is 0 Å². The van der Waals surface area contributed by atoms with Gasteiger partial charge in [0, 0.05) is 11.4 Å². The molecule has 0 aliphatic heterocycles. The summed E-state index contributed by atoms with van der Waals surface area (Å²) in [5.74, 6) is -1.06. The van der Waals surface area contributed by atoms with E-state index in [1.807, 2.05) is 6.07 Å². The van der Waals surface area contributed by atoms with Crippen LogP contribution < -0.4 is 5.32 Å². The van der Waals surface area contributed by atoms with E-state index in [4.69, 9.17) is 4.74 Å². The average Bonchev–Trinajstić information content (AvgIpc) is 3.18. The number of carbonyl (C=O) groups is 2. The lowest BCUT2D eigenvalue weighted by Crippen LogP contribution is -2.36. The molecule has 2 aromatic rings. The van der Waals surface area contributed by atoms with Crippen LogP contribution in [0.1, 0.15) is 39.0 Å². The molecule has 0 radical (unpaired) electrons. The summed E-state index contributed by atoms with van der Waals surface area (Å²) < 4.78 is 18.1. The van der Waals surface area contributed by atoms with Crippen molar-refractivity contribution < 1.29 is 18.7 Å². The van der Waals surface area contributed by atoms with Gasteiger partial charge in [0.1, 0.15) is 10.7 Å². The molecule has 1 N–H and O–H groups in total. The number of halogens is 1. The second-order valence-electron chi connectivity index (χ2n) is 6.13. The first kappa shape index (κ1) is 17.6. The summed E-state index contributed by atoms with van der Waals surface area (Å²) in [6.45, 7) is 1.96. The number of thiophene rings is 1. The summed E-state index contributed by atoms with van der Waals surface area (Å²) in [6.07, 6.45) is 2.91. The van der Waals surface area contributed by atoms with Crippen molar-refractivity contribution in [2.75, 3.05) is 6.54 Å². The number of ether oxygens (including phenoxy) is 1. The van der Waals surface area contributed by atoms with Crippen molar-refractivity contribution in [3.8, 4) is 0 Å². The van der Waals surface area contributed by atoms with Gasteiger partial charge in [0.25, 0.3) is 5.91 Å². The van der Waals surface area contributed by atoms with Crippen LogP contribution >= 0.6 is 11.3 Å².